The first kappa shape index (κ1) is 25.3. The van der Waals surface area contributed by atoms with Crippen molar-refractivity contribution in [2.24, 2.45) is 0 Å². The molecule has 1 fully saturated rings. The molecule has 1 heterocycles. The molecule has 0 N–H and O–H groups in total. The lowest BCUT2D eigenvalue weighted by Crippen LogP contribution is -2.16. The summed E-state index contributed by atoms with van der Waals surface area (Å²) in [6.45, 7) is 0.981. The number of hydrogen-bond donors (Lipinski definition) is 0. The van der Waals surface area contributed by atoms with Crippen LogP contribution in [0.1, 0.15) is 23.0 Å². The summed E-state index contributed by atoms with van der Waals surface area (Å²) < 4.78 is 34.8. The highest BCUT2D eigenvalue weighted by Crippen LogP contribution is 2.40. The number of rotatable bonds is 9. The Hall–Kier alpha value is -2.84. The van der Waals surface area contributed by atoms with Gasteiger partial charge in [0.25, 0.3) is 0 Å². The zero-order valence-corrected chi connectivity index (χ0v) is 21.8. The van der Waals surface area contributed by atoms with Crippen molar-refractivity contribution in [2.75, 3.05) is 41.7 Å². The van der Waals surface area contributed by atoms with E-state index in [9.17, 15) is 0 Å². The average Bonchev–Trinajstić information content (AvgIpc) is 3.36. The fourth-order valence-electron chi connectivity index (χ4n) is 3.98. The van der Waals surface area contributed by atoms with Crippen LogP contribution < -0.4 is 14.2 Å². The summed E-state index contributed by atoms with van der Waals surface area (Å²) in [6.07, 6.45) is 3.55. The van der Waals surface area contributed by atoms with Crippen LogP contribution in [0.25, 0.3) is 23.3 Å². The van der Waals surface area contributed by atoms with E-state index in [0.29, 0.717) is 13.2 Å². The van der Waals surface area contributed by atoms with Gasteiger partial charge in [-0.15, -0.1) is 0 Å². The molecule has 0 amide bonds. The zero-order valence-electron chi connectivity index (χ0n) is 20.2. The molecule has 4 rings (SSSR count). The predicted molar refractivity (Wildman–Crippen MR) is 140 cm³/mol. The van der Waals surface area contributed by atoms with Crippen molar-refractivity contribution < 1.29 is 28.4 Å². The van der Waals surface area contributed by atoms with Crippen molar-refractivity contribution in [1.82, 2.24) is 0 Å². The quantitative estimate of drug-likeness (QED) is 0.294. The largest absolute Gasteiger partial charge is 0.497 e. The van der Waals surface area contributed by atoms with E-state index in [1.807, 2.05) is 54.6 Å². The number of ether oxygens (including phenoxy) is 6. The molecule has 35 heavy (non-hydrogen) atoms. The molecule has 3 aromatic rings. The van der Waals surface area contributed by atoms with Crippen molar-refractivity contribution in [3.63, 3.8) is 0 Å². The van der Waals surface area contributed by atoms with Crippen LogP contribution in [0.3, 0.4) is 0 Å². The lowest BCUT2D eigenvalue weighted by Gasteiger charge is -2.17. The zero-order chi connectivity index (χ0) is 24.8. The summed E-state index contributed by atoms with van der Waals surface area (Å²) in [5.74, 6) is 2.27. The second kappa shape index (κ2) is 11.7. The molecule has 0 saturated carbocycles. The monoisotopic (exact) mass is 540 g/mol. The highest BCUT2D eigenvalue weighted by Gasteiger charge is 2.28. The van der Waals surface area contributed by atoms with Crippen LogP contribution in [0.15, 0.2) is 59.1 Å². The highest BCUT2D eigenvalue weighted by atomic mass is 79.9. The maximum atomic E-state index is 6.01. The van der Waals surface area contributed by atoms with Gasteiger partial charge in [-0.1, -0.05) is 40.2 Å². The molecular formula is C28H29BrO6. The van der Waals surface area contributed by atoms with Crippen molar-refractivity contribution in [1.29, 1.82) is 0 Å². The smallest absolute Gasteiger partial charge is 0.184 e. The lowest BCUT2D eigenvalue weighted by atomic mass is 9.98. The Morgan fingerprint density at radius 3 is 2.31 bits per heavy atom. The summed E-state index contributed by atoms with van der Waals surface area (Å²) in [6, 6.07) is 17.8. The summed E-state index contributed by atoms with van der Waals surface area (Å²) in [7, 11) is 6.64. The van der Waals surface area contributed by atoms with Crippen molar-refractivity contribution in [3.8, 4) is 28.4 Å². The van der Waals surface area contributed by atoms with Crippen LogP contribution in [-0.4, -0.2) is 47.8 Å². The Morgan fingerprint density at radius 1 is 0.857 bits per heavy atom. The second-order valence-corrected chi connectivity index (χ2v) is 8.87. The molecule has 1 aliphatic heterocycles. The maximum Gasteiger partial charge on any atom is 0.184 e. The Labute approximate surface area is 214 Å². The normalized spacial score (nSPS) is 17.6. The van der Waals surface area contributed by atoms with Gasteiger partial charge in [-0.25, -0.2) is 0 Å². The Kier molecular flexibility index (Phi) is 8.46. The Morgan fingerprint density at radius 2 is 1.60 bits per heavy atom. The third-order valence-corrected chi connectivity index (χ3v) is 6.49. The SMILES string of the molecule is COCC1COC(c2ccc(OC)c(-c3cc(/C=C/c4cc(OC)ccc4Br)ccc3OC)c2)O1. The molecule has 0 bridgehead atoms. The molecule has 184 valence electrons. The number of halogens is 1. The molecule has 3 aromatic carbocycles. The highest BCUT2D eigenvalue weighted by molar-refractivity contribution is 9.10. The molecule has 0 aromatic heterocycles. The van der Waals surface area contributed by atoms with Crippen LogP contribution in [0.5, 0.6) is 17.2 Å². The first-order valence-corrected chi connectivity index (χ1v) is 12.0. The van der Waals surface area contributed by atoms with E-state index in [4.69, 9.17) is 28.4 Å². The summed E-state index contributed by atoms with van der Waals surface area (Å²) >= 11 is 3.61. The van der Waals surface area contributed by atoms with Gasteiger partial charge in [-0.3, -0.25) is 0 Å². The summed E-state index contributed by atoms with van der Waals surface area (Å²) in [5, 5.41) is 0. The van der Waals surface area contributed by atoms with E-state index in [2.05, 4.69) is 28.1 Å². The summed E-state index contributed by atoms with van der Waals surface area (Å²) in [4.78, 5) is 0. The minimum Gasteiger partial charge on any atom is -0.497 e. The van der Waals surface area contributed by atoms with Crippen LogP contribution in [-0.2, 0) is 14.2 Å². The van der Waals surface area contributed by atoms with E-state index in [-0.39, 0.29) is 6.10 Å². The fraction of sp³-hybridized carbons (Fsp3) is 0.286. The van der Waals surface area contributed by atoms with Crippen LogP contribution in [0, 0.1) is 0 Å². The standard InChI is InChI=1S/C28H29BrO6/c1-30-16-22-17-34-28(35-22)20-8-12-27(33-4)24(15-20)23-13-18(6-11-26(23)32-3)5-7-19-14-21(31-2)9-10-25(19)29/h5-15,22,28H,16-17H2,1-4H3/b7-5+. The predicted octanol–water partition coefficient (Wildman–Crippen LogP) is 6.37. The first-order valence-electron chi connectivity index (χ1n) is 11.2. The van der Waals surface area contributed by atoms with E-state index in [1.54, 1.807) is 28.4 Å². The number of methoxy groups -OCH3 is 4. The number of benzene rings is 3. The summed E-state index contributed by atoms with van der Waals surface area (Å²) in [5.41, 5.74) is 4.73. The van der Waals surface area contributed by atoms with E-state index >= 15 is 0 Å². The fourth-order valence-corrected chi connectivity index (χ4v) is 4.36. The Balaban J connectivity index is 1.69. The molecule has 2 atom stereocenters. The van der Waals surface area contributed by atoms with Crippen LogP contribution in [0.4, 0.5) is 0 Å². The van der Waals surface area contributed by atoms with E-state index in [1.165, 1.54) is 0 Å². The van der Waals surface area contributed by atoms with Crippen molar-refractivity contribution in [2.45, 2.75) is 12.4 Å². The molecule has 6 nitrogen and oxygen atoms in total. The van der Waals surface area contributed by atoms with Crippen molar-refractivity contribution >= 4 is 28.1 Å². The maximum absolute atomic E-state index is 6.01. The van der Waals surface area contributed by atoms with Gasteiger partial charge in [-0.2, -0.15) is 0 Å². The molecule has 2 unspecified atom stereocenters. The molecular weight excluding hydrogens is 512 g/mol. The topological polar surface area (TPSA) is 55.4 Å². The van der Waals surface area contributed by atoms with Crippen LogP contribution in [0.2, 0.25) is 0 Å². The third-order valence-electron chi connectivity index (χ3n) is 5.77. The molecule has 0 spiro atoms. The molecule has 1 aliphatic rings. The van der Waals surface area contributed by atoms with Gasteiger partial charge >= 0.3 is 0 Å². The minimum absolute atomic E-state index is 0.0884. The lowest BCUT2D eigenvalue weighted by molar-refractivity contribution is -0.0704. The number of hydrogen-bond acceptors (Lipinski definition) is 6. The first-order chi connectivity index (χ1) is 17.1. The molecule has 0 radical (unpaired) electrons. The van der Waals surface area contributed by atoms with Gasteiger partial charge in [0.15, 0.2) is 6.29 Å². The third kappa shape index (κ3) is 5.87. The van der Waals surface area contributed by atoms with E-state index in [0.717, 1.165) is 49.5 Å². The van der Waals surface area contributed by atoms with Gasteiger partial charge in [-0.05, 0) is 53.6 Å². The second-order valence-electron chi connectivity index (χ2n) is 8.02. The van der Waals surface area contributed by atoms with Gasteiger partial charge in [0.1, 0.15) is 23.4 Å². The Bertz CT molecular complexity index is 1190. The van der Waals surface area contributed by atoms with Gasteiger partial charge in [0.05, 0.1) is 34.5 Å². The van der Waals surface area contributed by atoms with Gasteiger partial charge in [0.2, 0.25) is 0 Å². The molecule has 0 aliphatic carbocycles. The van der Waals surface area contributed by atoms with Crippen molar-refractivity contribution in [3.05, 3.63) is 75.8 Å². The molecule has 1 saturated heterocycles. The average molecular weight is 541 g/mol. The molecule has 7 heteroatoms. The van der Waals surface area contributed by atoms with Gasteiger partial charge in [0, 0.05) is 28.3 Å². The van der Waals surface area contributed by atoms with Crippen LogP contribution >= 0.6 is 15.9 Å². The minimum atomic E-state index is -0.459. The van der Waals surface area contributed by atoms with E-state index < -0.39 is 6.29 Å². The van der Waals surface area contributed by atoms with Gasteiger partial charge < -0.3 is 28.4 Å².